The number of hydrogen-bond acceptors (Lipinski definition) is 8. The summed E-state index contributed by atoms with van der Waals surface area (Å²) < 4.78 is 10.5. The van der Waals surface area contributed by atoms with Crippen LogP contribution in [-0.2, 0) is 19.1 Å². The van der Waals surface area contributed by atoms with Crippen LogP contribution in [0, 0.1) is 11.8 Å². The Morgan fingerprint density at radius 3 is 2.33 bits per heavy atom. The van der Waals surface area contributed by atoms with Crippen molar-refractivity contribution in [3.63, 3.8) is 0 Å². The Kier molecular flexibility index (Phi) is 11.4. The summed E-state index contributed by atoms with van der Waals surface area (Å²) in [6, 6.07) is 11.4. The molecule has 1 aliphatic rings. The second kappa shape index (κ2) is 15.0. The fourth-order valence-corrected chi connectivity index (χ4v) is 4.31. The van der Waals surface area contributed by atoms with Crippen LogP contribution in [-0.4, -0.2) is 94.8 Å². The number of ether oxygens (including phenoxy) is 2. The Morgan fingerprint density at radius 1 is 1.05 bits per heavy atom. The molecule has 1 aromatic heterocycles. The second-order valence-corrected chi connectivity index (χ2v) is 10.6. The molecule has 0 aliphatic carbocycles. The highest BCUT2D eigenvalue weighted by Gasteiger charge is 2.32. The number of rotatable bonds is 8. The van der Waals surface area contributed by atoms with Gasteiger partial charge in [0.25, 0.3) is 5.91 Å². The third-order valence-corrected chi connectivity index (χ3v) is 6.22. The van der Waals surface area contributed by atoms with E-state index >= 15 is 0 Å². The van der Waals surface area contributed by atoms with E-state index in [0.717, 1.165) is 5.56 Å². The summed E-state index contributed by atoms with van der Waals surface area (Å²) >= 11 is 0. The van der Waals surface area contributed by atoms with Crippen LogP contribution in [0.3, 0.4) is 0 Å². The predicted octanol–water partition coefficient (Wildman–Crippen LogP) is 2.61. The highest BCUT2D eigenvalue weighted by molar-refractivity contribution is 5.97. The van der Waals surface area contributed by atoms with Crippen molar-refractivity contribution in [2.75, 3.05) is 39.4 Å². The third kappa shape index (κ3) is 9.59. The molecular weight excluding hydrogens is 540 g/mol. The van der Waals surface area contributed by atoms with Crippen molar-refractivity contribution in [1.82, 2.24) is 20.1 Å². The molecule has 0 spiro atoms. The first kappa shape index (κ1) is 32.1. The molecule has 1 aliphatic heterocycles. The van der Waals surface area contributed by atoms with Crippen LogP contribution in [0.2, 0.25) is 0 Å². The van der Waals surface area contributed by atoms with Gasteiger partial charge < -0.3 is 29.7 Å². The van der Waals surface area contributed by atoms with Gasteiger partial charge in [-0.3, -0.25) is 14.4 Å². The molecule has 0 bridgehead atoms. The van der Waals surface area contributed by atoms with E-state index in [1.165, 1.54) is 11.0 Å². The summed E-state index contributed by atoms with van der Waals surface area (Å²) in [5, 5.41) is 11.9. The van der Waals surface area contributed by atoms with Crippen LogP contribution in [0.4, 0.5) is 4.79 Å². The van der Waals surface area contributed by atoms with Gasteiger partial charge in [-0.15, -0.1) is 0 Å². The Balaban J connectivity index is 1.83. The number of carbonyl (C=O) groups is 4. The molecule has 2 heterocycles. The molecule has 3 rings (SSSR count). The first-order chi connectivity index (χ1) is 20.0. The minimum absolute atomic E-state index is 0.00707. The van der Waals surface area contributed by atoms with Crippen LogP contribution in [0.5, 0.6) is 0 Å². The zero-order valence-electron chi connectivity index (χ0n) is 24.5. The van der Waals surface area contributed by atoms with Gasteiger partial charge in [0, 0.05) is 43.7 Å². The van der Waals surface area contributed by atoms with Gasteiger partial charge in [0.2, 0.25) is 5.91 Å². The molecule has 3 amide bonds. The van der Waals surface area contributed by atoms with E-state index in [9.17, 15) is 19.2 Å². The van der Waals surface area contributed by atoms with Crippen molar-refractivity contribution < 1.29 is 33.8 Å². The lowest BCUT2D eigenvalue weighted by Crippen LogP contribution is -2.56. The number of hydrogen-bond donors (Lipinski definition) is 2. The number of pyridine rings is 1. The minimum atomic E-state index is -1.05. The van der Waals surface area contributed by atoms with E-state index in [-0.39, 0.29) is 63.8 Å². The molecule has 1 aromatic carbocycles. The van der Waals surface area contributed by atoms with Gasteiger partial charge in [0.15, 0.2) is 0 Å². The van der Waals surface area contributed by atoms with Crippen molar-refractivity contribution in [3.8, 4) is 23.1 Å². The number of nitrogens with one attached hydrogen (secondary N) is 1. The smallest absolute Gasteiger partial charge is 0.409 e. The van der Waals surface area contributed by atoms with Gasteiger partial charge in [-0.05, 0) is 46.2 Å². The van der Waals surface area contributed by atoms with Crippen molar-refractivity contribution in [2.24, 2.45) is 0 Å². The SMILES string of the molecule is CCOC(=O)N1CCN(C(=O)C(CCC(=O)OC(C)(C)C)NC(=O)c2cc(C#CCO)cc(-c3ccccc3)n2)CC1. The molecule has 11 nitrogen and oxygen atoms in total. The maximum atomic E-state index is 13.6. The molecule has 0 saturated carbocycles. The summed E-state index contributed by atoms with van der Waals surface area (Å²) in [7, 11) is 0. The number of benzene rings is 1. The van der Waals surface area contributed by atoms with E-state index in [1.54, 1.807) is 38.7 Å². The van der Waals surface area contributed by atoms with Crippen LogP contribution in [0.1, 0.15) is 56.6 Å². The lowest BCUT2D eigenvalue weighted by atomic mass is 10.1. The van der Waals surface area contributed by atoms with Crippen molar-refractivity contribution in [1.29, 1.82) is 0 Å². The molecular formula is C31H38N4O7. The van der Waals surface area contributed by atoms with E-state index in [1.807, 2.05) is 30.3 Å². The lowest BCUT2D eigenvalue weighted by molar-refractivity contribution is -0.155. The monoisotopic (exact) mass is 578 g/mol. The normalized spacial score (nSPS) is 13.8. The highest BCUT2D eigenvalue weighted by Crippen LogP contribution is 2.20. The van der Waals surface area contributed by atoms with Gasteiger partial charge in [-0.2, -0.15) is 0 Å². The number of aliphatic hydroxyl groups is 1. The van der Waals surface area contributed by atoms with Crippen LogP contribution < -0.4 is 5.32 Å². The largest absolute Gasteiger partial charge is 0.460 e. The lowest BCUT2D eigenvalue weighted by Gasteiger charge is -2.36. The summed E-state index contributed by atoms with van der Waals surface area (Å²) in [6.45, 7) is 7.94. The first-order valence-corrected chi connectivity index (χ1v) is 13.9. The van der Waals surface area contributed by atoms with Crippen LogP contribution in [0.15, 0.2) is 42.5 Å². The number of esters is 1. The predicted molar refractivity (Wildman–Crippen MR) is 155 cm³/mol. The molecule has 42 heavy (non-hydrogen) atoms. The number of nitrogens with zero attached hydrogens (tertiary/aromatic N) is 3. The quantitative estimate of drug-likeness (QED) is 0.360. The second-order valence-electron chi connectivity index (χ2n) is 10.6. The number of carbonyl (C=O) groups excluding carboxylic acids is 4. The minimum Gasteiger partial charge on any atom is -0.460 e. The highest BCUT2D eigenvalue weighted by atomic mass is 16.6. The van der Waals surface area contributed by atoms with Crippen molar-refractivity contribution in [3.05, 3.63) is 53.7 Å². The molecule has 0 radical (unpaired) electrons. The molecule has 1 atom stereocenters. The first-order valence-electron chi connectivity index (χ1n) is 13.9. The number of aromatic nitrogens is 1. The van der Waals surface area contributed by atoms with E-state index in [2.05, 4.69) is 22.1 Å². The molecule has 1 fully saturated rings. The number of amides is 3. The fourth-order valence-electron chi connectivity index (χ4n) is 4.31. The maximum Gasteiger partial charge on any atom is 0.409 e. The Hall–Kier alpha value is -4.43. The maximum absolute atomic E-state index is 13.6. The van der Waals surface area contributed by atoms with Crippen molar-refractivity contribution >= 4 is 23.9 Å². The van der Waals surface area contributed by atoms with Crippen LogP contribution >= 0.6 is 0 Å². The van der Waals surface area contributed by atoms with Gasteiger partial charge in [0.1, 0.15) is 23.9 Å². The molecule has 1 unspecified atom stereocenters. The molecule has 2 aromatic rings. The van der Waals surface area contributed by atoms with E-state index in [0.29, 0.717) is 11.3 Å². The average molecular weight is 579 g/mol. The Morgan fingerprint density at radius 2 is 1.71 bits per heavy atom. The fraction of sp³-hybridized carbons (Fsp3) is 0.452. The van der Waals surface area contributed by atoms with Crippen molar-refractivity contribution in [2.45, 2.75) is 52.2 Å². The zero-order valence-corrected chi connectivity index (χ0v) is 24.5. The van der Waals surface area contributed by atoms with Crippen LogP contribution in [0.25, 0.3) is 11.3 Å². The summed E-state index contributed by atoms with van der Waals surface area (Å²) in [5.74, 6) is 3.90. The summed E-state index contributed by atoms with van der Waals surface area (Å²) in [6.07, 6.45) is -0.530. The Labute approximate surface area is 246 Å². The standard InChI is InChI=1S/C31H38N4O7/c1-5-41-30(40)35-17-15-34(16-18-35)29(39)24(13-14-27(37)42-31(2,3)4)33-28(38)26-21-22(10-9-19-36)20-25(32-26)23-11-7-6-8-12-23/h6-8,11-12,20-21,24,36H,5,13-19H2,1-4H3,(H,33,38). The van der Waals surface area contributed by atoms with Gasteiger partial charge in [-0.1, -0.05) is 42.2 Å². The van der Waals surface area contributed by atoms with Gasteiger partial charge >= 0.3 is 12.1 Å². The number of aliphatic hydroxyl groups excluding tert-OH is 1. The van der Waals surface area contributed by atoms with E-state index < -0.39 is 29.6 Å². The molecule has 224 valence electrons. The molecule has 2 N–H and O–H groups in total. The zero-order chi connectivity index (χ0) is 30.7. The number of piperazine rings is 1. The van der Waals surface area contributed by atoms with E-state index in [4.69, 9.17) is 14.6 Å². The topological polar surface area (TPSA) is 138 Å². The third-order valence-electron chi connectivity index (χ3n) is 6.22. The summed E-state index contributed by atoms with van der Waals surface area (Å²) in [5.41, 5.74) is 1.06. The van der Waals surface area contributed by atoms with Gasteiger partial charge in [-0.25, -0.2) is 9.78 Å². The molecule has 11 heteroatoms. The average Bonchev–Trinajstić information content (AvgIpc) is 2.97. The summed E-state index contributed by atoms with van der Waals surface area (Å²) in [4.78, 5) is 59.3. The molecule has 1 saturated heterocycles. The van der Waals surface area contributed by atoms with Gasteiger partial charge in [0.05, 0.1) is 12.3 Å². The Bertz CT molecular complexity index is 1320.